The number of phenolic OH excluding ortho intramolecular Hbond substituents is 1. The van der Waals surface area contributed by atoms with Gasteiger partial charge in [0, 0.05) is 24.1 Å². The summed E-state index contributed by atoms with van der Waals surface area (Å²) in [7, 11) is 0. The molecule has 1 atom stereocenters. The maximum Gasteiger partial charge on any atom is 0.330 e. The molecular formula is C20H20O5. The zero-order chi connectivity index (χ0) is 18.2. The van der Waals surface area contributed by atoms with Gasteiger partial charge in [-0.1, -0.05) is 36.9 Å². The molecule has 0 aliphatic rings. The van der Waals surface area contributed by atoms with E-state index in [1.54, 1.807) is 37.3 Å². The summed E-state index contributed by atoms with van der Waals surface area (Å²) in [6.07, 6.45) is 1.29. The van der Waals surface area contributed by atoms with Gasteiger partial charge in [-0.3, -0.25) is 4.79 Å². The van der Waals surface area contributed by atoms with Crippen LogP contribution in [0.15, 0.2) is 61.2 Å². The minimum atomic E-state index is -0.478. The number of rotatable bonds is 8. The lowest BCUT2D eigenvalue weighted by atomic mass is 10.0. The topological polar surface area (TPSA) is 72.8 Å². The highest BCUT2D eigenvalue weighted by molar-refractivity contribution is 6.10. The normalized spacial score (nSPS) is 11.4. The number of carbonyl (C=O) groups excluding carboxylic acids is 2. The molecule has 0 saturated carbocycles. The predicted octanol–water partition coefficient (Wildman–Crippen LogP) is 3.51. The van der Waals surface area contributed by atoms with Crippen LogP contribution >= 0.6 is 0 Å². The van der Waals surface area contributed by atoms with Crippen molar-refractivity contribution in [3.63, 3.8) is 0 Å². The fourth-order valence-electron chi connectivity index (χ4n) is 2.19. The van der Waals surface area contributed by atoms with E-state index >= 15 is 0 Å². The summed E-state index contributed by atoms with van der Waals surface area (Å²) in [4.78, 5) is 23.4. The van der Waals surface area contributed by atoms with Crippen LogP contribution in [0.3, 0.4) is 0 Å². The van der Waals surface area contributed by atoms with Crippen LogP contribution in [-0.2, 0) is 9.53 Å². The average molecular weight is 340 g/mol. The van der Waals surface area contributed by atoms with E-state index in [1.807, 2.05) is 6.07 Å². The Hall–Kier alpha value is -3.08. The maximum atomic E-state index is 12.4. The summed E-state index contributed by atoms with van der Waals surface area (Å²) < 4.78 is 10.6. The lowest BCUT2D eigenvalue weighted by molar-refractivity contribution is -0.142. The number of hydrogen-bond donors (Lipinski definition) is 1. The summed E-state index contributed by atoms with van der Waals surface area (Å²) in [5, 5.41) is 10.1. The largest absolute Gasteiger partial charge is 0.507 e. The molecular weight excluding hydrogens is 320 g/mol. The van der Waals surface area contributed by atoms with Crippen molar-refractivity contribution in [2.24, 2.45) is 0 Å². The molecule has 130 valence electrons. The molecule has 0 fully saturated rings. The van der Waals surface area contributed by atoms with Crippen molar-refractivity contribution in [1.82, 2.24) is 0 Å². The number of ether oxygens (including phenoxy) is 2. The van der Waals surface area contributed by atoms with Gasteiger partial charge >= 0.3 is 5.97 Å². The van der Waals surface area contributed by atoms with E-state index in [0.717, 1.165) is 6.08 Å². The number of carbonyl (C=O) groups is 2. The highest BCUT2D eigenvalue weighted by Gasteiger charge is 2.14. The Morgan fingerprint density at radius 2 is 1.92 bits per heavy atom. The second-order valence-electron chi connectivity index (χ2n) is 5.46. The molecule has 0 amide bonds. The Bertz CT molecular complexity index is 752. The van der Waals surface area contributed by atoms with Crippen molar-refractivity contribution in [3.8, 4) is 11.5 Å². The van der Waals surface area contributed by atoms with Crippen LogP contribution in [0, 0.1) is 0 Å². The van der Waals surface area contributed by atoms with Crippen molar-refractivity contribution in [2.45, 2.75) is 19.4 Å². The molecule has 0 aliphatic carbocycles. The molecule has 0 aromatic heterocycles. The lowest BCUT2D eigenvalue weighted by Gasteiger charge is -2.13. The van der Waals surface area contributed by atoms with Gasteiger partial charge in [0.15, 0.2) is 5.78 Å². The number of ketones is 1. The molecule has 0 spiro atoms. The molecule has 0 bridgehead atoms. The van der Waals surface area contributed by atoms with Gasteiger partial charge in [-0.05, 0) is 19.1 Å². The van der Waals surface area contributed by atoms with Crippen LogP contribution in [0.2, 0.25) is 0 Å². The van der Waals surface area contributed by atoms with Crippen LogP contribution in [0.25, 0.3) is 0 Å². The van der Waals surface area contributed by atoms with Gasteiger partial charge in [0.2, 0.25) is 0 Å². The predicted molar refractivity (Wildman–Crippen MR) is 93.8 cm³/mol. The van der Waals surface area contributed by atoms with E-state index in [4.69, 9.17) is 9.47 Å². The number of phenols is 1. The maximum absolute atomic E-state index is 12.4. The van der Waals surface area contributed by atoms with Gasteiger partial charge in [0.1, 0.15) is 17.6 Å². The highest BCUT2D eigenvalue weighted by Crippen LogP contribution is 2.26. The Morgan fingerprint density at radius 1 is 1.20 bits per heavy atom. The number of benzene rings is 2. The molecule has 0 saturated heterocycles. The molecule has 5 nitrogen and oxygen atoms in total. The molecule has 2 aromatic rings. The minimum Gasteiger partial charge on any atom is -0.507 e. The second kappa shape index (κ2) is 8.68. The van der Waals surface area contributed by atoms with Crippen LogP contribution < -0.4 is 4.74 Å². The van der Waals surface area contributed by atoms with Gasteiger partial charge in [-0.25, -0.2) is 4.79 Å². The summed E-state index contributed by atoms with van der Waals surface area (Å²) >= 11 is 0. The summed E-state index contributed by atoms with van der Waals surface area (Å²) in [5.41, 5.74) is 0.719. The molecule has 5 heteroatoms. The van der Waals surface area contributed by atoms with Gasteiger partial charge in [0.05, 0.1) is 12.2 Å². The fourth-order valence-corrected chi connectivity index (χ4v) is 2.19. The van der Waals surface area contributed by atoms with Gasteiger partial charge < -0.3 is 14.6 Å². The Balaban J connectivity index is 1.94. The third kappa shape index (κ3) is 5.21. The average Bonchev–Trinajstić information content (AvgIpc) is 2.62. The summed E-state index contributed by atoms with van der Waals surface area (Å²) in [6.45, 7) is 5.39. The third-order valence-electron chi connectivity index (χ3n) is 3.53. The first-order valence-electron chi connectivity index (χ1n) is 7.90. The van der Waals surface area contributed by atoms with E-state index in [-0.39, 0.29) is 23.2 Å². The first-order chi connectivity index (χ1) is 12.0. The fraction of sp³-hybridized carbons (Fsp3) is 0.200. The van der Waals surface area contributed by atoms with Gasteiger partial charge in [-0.2, -0.15) is 0 Å². The number of esters is 1. The van der Waals surface area contributed by atoms with Gasteiger partial charge in [0.25, 0.3) is 0 Å². The van der Waals surface area contributed by atoms with E-state index in [0.29, 0.717) is 24.3 Å². The first-order valence-corrected chi connectivity index (χ1v) is 7.90. The summed E-state index contributed by atoms with van der Waals surface area (Å²) in [6, 6.07) is 13.3. The third-order valence-corrected chi connectivity index (χ3v) is 3.53. The molecule has 0 radical (unpaired) electrons. The molecule has 25 heavy (non-hydrogen) atoms. The molecule has 2 rings (SSSR count). The first kappa shape index (κ1) is 18.3. The number of hydrogen-bond acceptors (Lipinski definition) is 5. The zero-order valence-corrected chi connectivity index (χ0v) is 14.0. The standard InChI is InChI=1S/C20H20O5/c1-3-19(22)25-14(2)11-12-24-16-9-10-17(18(21)13-16)20(23)15-7-5-4-6-8-15/h3-10,13-14,21H,1,11-12H2,2H3. The molecule has 0 aliphatic heterocycles. The van der Waals surface area contributed by atoms with Crippen LogP contribution in [0.4, 0.5) is 0 Å². The quantitative estimate of drug-likeness (QED) is 0.452. The smallest absolute Gasteiger partial charge is 0.330 e. The van der Waals surface area contributed by atoms with Crippen molar-refractivity contribution in [3.05, 3.63) is 72.3 Å². The second-order valence-corrected chi connectivity index (χ2v) is 5.46. The van der Waals surface area contributed by atoms with E-state index < -0.39 is 5.97 Å². The van der Waals surface area contributed by atoms with Crippen LogP contribution in [-0.4, -0.2) is 29.6 Å². The molecule has 0 heterocycles. The van der Waals surface area contributed by atoms with E-state index in [9.17, 15) is 14.7 Å². The Morgan fingerprint density at radius 3 is 2.56 bits per heavy atom. The van der Waals surface area contributed by atoms with E-state index in [2.05, 4.69) is 6.58 Å². The lowest BCUT2D eigenvalue weighted by Crippen LogP contribution is -2.16. The van der Waals surface area contributed by atoms with Crippen molar-refractivity contribution in [2.75, 3.05) is 6.61 Å². The number of aromatic hydroxyl groups is 1. The monoisotopic (exact) mass is 340 g/mol. The highest BCUT2D eigenvalue weighted by atomic mass is 16.5. The van der Waals surface area contributed by atoms with Crippen molar-refractivity contribution >= 4 is 11.8 Å². The van der Waals surface area contributed by atoms with Crippen LogP contribution in [0.5, 0.6) is 11.5 Å². The molecule has 1 N–H and O–H groups in total. The molecule has 2 aromatic carbocycles. The zero-order valence-electron chi connectivity index (χ0n) is 14.0. The Kier molecular flexibility index (Phi) is 6.34. The Labute approximate surface area is 146 Å². The van der Waals surface area contributed by atoms with Gasteiger partial charge in [-0.15, -0.1) is 0 Å². The van der Waals surface area contributed by atoms with Crippen molar-refractivity contribution < 1.29 is 24.2 Å². The SMILES string of the molecule is C=CC(=O)OC(C)CCOc1ccc(C(=O)c2ccccc2)c(O)c1. The van der Waals surface area contributed by atoms with Crippen LogP contribution in [0.1, 0.15) is 29.3 Å². The molecule has 1 unspecified atom stereocenters. The van der Waals surface area contributed by atoms with E-state index in [1.165, 1.54) is 12.1 Å². The summed E-state index contributed by atoms with van der Waals surface area (Å²) in [5.74, 6) is -0.439. The van der Waals surface area contributed by atoms with Crippen molar-refractivity contribution in [1.29, 1.82) is 0 Å². The minimum absolute atomic E-state index is 0.141.